The van der Waals surface area contributed by atoms with E-state index in [-0.39, 0.29) is 6.20 Å². The zero-order valence-electron chi connectivity index (χ0n) is 7.73. The molecule has 0 aliphatic rings. The largest absolute Gasteiger partial charge is 0.478 e. The second-order valence-electron chi connectivity index (χ2n) is 2.85. The summed E-state index contributed by atoms with van der Waals surface area (Å²) in [6, 6.07) is 0. The third-order valence-electron chi connectivity index (χ3n) is 1.77. The van der Waals surface area contributed by atoms with Crippen molar-refractivity contribution >= 4 is 5.97 Å². The standard InChI is InChI=1S/C8H3F6NO2/c9-4-2(8(12,13)14)1-15-5(6(10)11)3(4)7(16)17/h1,6H,(H,16,17). The van der Waals surface area contributed by atoms with Crippen molar-refractivity contribution in [3.8, 4) is 0 Å². The summed E-state index contributed by atoms with van der Waals surface area (Å²) in [5.74, 6) is -4.51. The summed E-state index contributed by atoms with van der Waals surface area (Å²) in [7, 11) is 0. The van der Waals surface area contributed by atoms with Crippen LogP contribution < -0.4 is 0 Å². The van der Waals surface area contributed by atoms with Crippen LogP contribution in [-0.2, 0) is 6.18 Å². The van der Waals surface area contributed by atoms with Gasteiger partial charge in [-0.25, -0.2) is 18.0 Å². The van der Waals surface area contributed by atoms with Gasteiger partial charge >= 0.3 is 12.1 Å². The van der Waals surface area contributed by atoms with Crippen molar-refractivity contribution in [3.63, 3.8) is 0 Å². The van der Waals surface area contributed by atoms with Gasteiger partial charge < -0.3 is 5.11 Å². The summed E-state index contributed by atoms with van der Waals surface area (Å²) in [6.07, 6.45) is -8.86. The molecule has 1 aromatic rings. The first-order chi connectivity index (χ1) is 7.66. The van der Waals surface area contributed by atoms with Crippen LogP contribution in [0.25, 0.3) is 0 Å². The maximum atomic E-state index is 13.2. The fourth-order valence-corrected chi connectivity index (χ4v) is 1.07. The third kappa shape index (κ3) is 2.48. The van der Waals surface area contributed by atoms with Gasteiger partial charge in [-0.15, -0.1) is 0 Å². The molecule has 94 valence electrons. The van der Waals surface area contributed by atoms with Crippen molar-refractivity contribution in [1.29, 1.82) is 0 Å². The number of aromatic nitrogens is 1. The molecule has 0 bridgehead atoms. The van der Waals surface area contributed by atoms with E-state index >= 15 is 0 Å². The number of alkyl halides is 5. The number of hydrogen-bond acceptors (Lipinski definition) is 2. The molecule has 17 heavy (non-hydrogen) atoms. The Morgan fingerprint density at radius 2 is 1.88 bits per heavy atom. The van der Waals surface area contributed by atoms with Crippen molar-refractivity contribution in [3.05, 3.63) is 28.8 Å². The molecule has 0 saturated heterocycles. The average Bonchev–Trinajstić information content (AvgIpc) is 2.13. The zero-order valence-corrected chi connectivity index (χ0v) is 7.73. The molecule has 0 spiro atoms. The Morgan fingerprint density at radius 1 is 1.35 bits per heavy atom. The van der Waals surface area contributed by atoms with Crippen molar-refractivity contribution < 1.29 is 36.2 Å². The van der Waals surface area contributed by atoms with E-state index in [0.717, 1.165) is 0 Å². The maximum absolute atomic E-state index is 13.2. The first kappa shape index (κ1) is 13.3. The third-order valence-corrected chi connectivity index (χ3v) is 1.77. The maximum Gasteiger partial charge on any atom is 0.420 e. The van der Waals surface area contributed by atoms with Crippen LogP contribution >= 0.6 is 0 Å². The van der Waals surface area contributed by atoms with Crippen molar-refractivity contribution in [2.45, 2.75) is 12.6 Å². The lowest BCUT2D eigenvalue weighted by atomic mass is 10.1. The molecule has 3 nitrogen and oxygen atoms in total. The summed E-state index contributed by atoms with van der Waals surface area (Å²) >= 11 is 0. The molecular formula is C8H3F6NO2. The molecule has 9 heteroatoms. The van der Waals surface area contributed by atoms with Gasteiger partial charge in [0.25, 0.3) is 6.43 Å². The minimum absolute atomic E-state index is 0.163. The van der Waals surface area contributed by atoms with Gasteiger partial charge in [0, 0.05) is 6.20 Å². The summed E-state index contributed by atoms with van der Waals surface area (Å²) in [6.45, 7) is 0. The van der Waals surface area contributed by atoms with E-state index in [4.69, 9.17) is 5.11 Å². The number of carboxylic acid groups (broad SMARTS) is 1. The first-order valence-electron chi connectivity index (χ1n) is 3.93. The minimum Gasteiger partial charge on any atom is -0.478 e. The Hall–Kier alpha value is -1.80. The van der Waals surface area contributed by atoms with Crippen molar-refractivity contribution in [2.24, 2.45) is 0 Å². The predicted octanol–water partition coefficient (Wildman–Crippen LogP) is 2.88. The van der Waals surface area contributed by atoms with Crippen LogP contribution in [0.1, 0.15) is 28.0 Å². The molecule has 0 amide bonds. The van der Waals surface area contributed by atoms with Crippen LogP contribution in [0, 0.1) is 5.82 Å². The normalized spacial score (nSPS) is 11.9. The van der Waals surface area contributed by atoms with Gasteiger partial charge in [0.15, 0.2) is 5.82 Å². The molecule has 0 radical (unpaired) electrons. The molecule has 1 aromatic heterocycles. The SMILES string of the molecule is O=C(O)c1c(C(F)F)ncc(C(F)(F)F)c1F. The van der Waals surface area contributed by atoms with Gasteiger partial charge in [-0.05, 0) is 0 Å². The number of carboxylic acids is 1. The first-order valence-corrected chi connectivity index (χ1v) is 3.93. The monoisotopic (exact) mass is 259 g/mol. The molecule has 0 aliphatic carbocycles. The fraction of sp³-hybridized carbons (Fsp3) is 0.250. The van der Waals surface area contributed by atoms with Gasteiger partial charge in [-0.3, -0.25) is 4.98 Å². The van der Waals surface area contributed by atoms with Crippen LogP contribution in [-0.4, -0.2) is 16.1 Å². The summed E-state index contributed by atoms with van der Waals surface area (Å²) < 4.78 is 74.1. The number of nitrogens with zero attached hydrogens (tertiary/aromatic N) is 1. The number of aromatic carboxylic acids is 1. The molecule has 0 aromatic carbocycles. The molecule has 0 atom stereocenters. The van der Waals surface area contributed by atoms with E-state index in [1.807, 2.05) is 0 Å². The molecule has 1 rings (SSSR count). The summed E-state index contributed by atoms with van der Waals surface area (Å²) in [5.41, 5.74) is -5.31. The predicted molar refractivity (Wildman–Crippen MR) is 41.1 cm³/mol. The Balaban J connectivity index is 3.56. The highest BCUT2D eigenvalue weighted by molar-refractivity contribution is 5.89. The lowest BCUT2D eigenvalue weighted by Gasteiger charge is -2.11. The number of halogens is 6. The molecule has 0 fully saturated rings. The molecule has 1 N–H and O–H groups in total. The van der Waals surface area contributed by atoms with Gasteiger partial charge in [-0.2, -0.15) is 13.2 Å². The summed E-state index contributed by atoms with van der Waals surface area (Å²) in [4.78, 5) is 13.1. The van der Waals surface area contributed by atoms with E-state index in [9.17, 15) is 31.1 Å². The van der Waals surface area contributed by atoms with Crippen molar-refractivity contribution in [1.82, 2.24) is 4.98 Å². The van der Waals surface area contributed by atoms with Crippen LogP contribution in [0.2, 0.25) is 0 Å². The molecule has 0 unspecified atom stereocenters. The molecule has 0 saturated carbocycles. The van der Waals surface area contributed by atoms with E-state index in [1.54, 1.807) is 0 Å². The Labute approximate surface area is 89.7 Å². The van der Waals surface area contributed by atoms with Gasteiger partial charge in [0.2, 0.25) is 0 Å². The number of hydrogen-bond donors (Lipinski definition) is 1. The number of rotatable bonds is 2. The zero-order chi connectivity index (χ0) is 13.4. The summed E-state index contributed by atoms with van der Waals surface area (Å²) in [5, 5.41) is 8.40. The second-order valence-corrected chi connectivity index (χ2v) is 2.85. The highest BCUT2D eigenvalue weighted by Crippen LogP contribution is 2.34. The minimum atomic E-state index is -5.21. The van der Waals surface area contributed by atoms with Crippen LogP contribution in [0.15, 0.2) is 6.20 Å². The lowest BCUT2D eigenvalue weighted by molar-refractivity contribution is -0.140. The van der Waals surface area contributed by atoms with Crippen molar-refractivity contribution in [2.75, 3.05) is 0 Å². The Morgan fingerprint density at radius 3 is 2.24 bits per heavy atom. The lowest BCUT2D eigenvalue weighted by Crippen LogP contribution is -2.16. The van der Waals surface area contributed by atoms with Crippen LogP contribution in [0.3, 0.4) is 0 Å². The van der Waals surface area contributed by atoms with Gasteiger partial charge in [0.05, 0.1) is 0 Å². The second kappa shape index (κ2) is 4.22. The average molecular weight is 259 g/mol. The highest BCUT2D eigenvalue weighted by atomic mass is 19.4. The Kier molecular flexibility index (Phi) is 3.30. The van der Waals surface area contributed by atoms with E-state index in [1.165, 1.54) is 0 Å². The van der Waals surface area contributed by atoms with Gasteiger partial charge in [-0.1, -0.05) is 0 Å². The fourth-order valence-electron chi connectivity index (χ4n) is 1.07. The number of carbonyl (C=O) groups is 1. The van der Waals surface area contributed by atoms with E-state index in [2.05, 4.69) is 4.98 Å². The van der Waals surface area contributed by atoms with E-state index < -0.39 is 41.2 Å². The quantitative estimate of drug-likeness (QED) is 0.831. The van der Waals surface area contributed by atoms with Crippen LogP contribution in [0.4, 0.5) is 26.3 Å². The molecule has 0 aliphatic heterocycles. The highest BCUT2D eigenvalue weighted by Gasteiger charge is 2.38. The van der Waals surface area contributed by atoms with Crippen LogP contribution in [0.5, 0.6) is 0 Å². The Bertz CT molecular complexity index is 456. The number of pyridine rings is 1. The van der Waals surface area contributed by atoms with Gasteiger partial charge in [0.1, 0.15) is 16.8 Å². The molecular weight excluding hydrogens is 256 g/mol. The topological polar surface area (TPSA) is 50.2 Å². The van der Waals surface area contributed by atoms with E-state index in [0.29, 0.717) is 0 Å². The smallest absolute Gasteiger partial charge is 0.420 e. The molecule has 1 heterocycles.